The molecule has 1 aliphatic carbocycles. The third-order valence-electron chi connectivity index (χ3n) is 2.40. The SMILES string of the molecule is CSCCCNC(=O)C1(C(=O)O)CC1. The Balaban J connectivity index is 2.25. The van der Waals surface area contributed by atoms with Crippen molar-refractivity contribution in [2.24, 2.45) is 5.41 Å². The van der Waals surface area contributed by atoms with Crippen molar-refractivity contribution in [1.29, 1.82) is 0 Å². The Morgan fingerprint density at radius 3 is 2.57 bits per heavy atom. The number of hydrogen-bond acceptors (Lipinski definition) is 3. The van der Waals surface area contributed by atoms with Crippen LogP contribution in [0.4, 0.5) is 0 Å². The van der Waals surface area contributed by atoms with Crippen molar-refractivity contribution in [2.45, 2.75) is 19.3 Å². The zero-order valence-electron chi connectivity index (χ0n) is 8.21. The van der Waals surface area contributed by atoms with Crippen molar-refractivity contribution in [2.75, 3.05) is 18.6 Å². The Hall–Kier alpha value is -0.710. The third kappa shape index (κ3) is 2.41. The van der Waals surface area contributed by atoms with Gasteiger partial charge in [-0.3, -0.25) is 9.59 Å². The van der Waals surface area contributed by atoms with E-state index in [0.717, 1.165) is 12.2 Å². The van der Waals surface area contributed by atoms with Crippen molar-refractivity contribution in [1.82, 2.24) is 5.32 Å². The number of carbonyl (C=O) groups is 2. The van der Waals surface area contributed by atoms with Crippen LogP contribution in [0.2, 0.25) is 0 Å². The molecule has 2 N–H and O–H groups in total. The Morgan fingerprint density at radius 2 is 2.14 bits per heavy atom. The summed E-state index contributed by atoms with van der Waals surface area (Å²) in [5.41, 5.74) is -1.08. The van der Waals surface area contributed by atoms with Gasteiger partial charge in [0, 0.05) is 6.54 Å². The van der Waals surface area contributed by atoms with Gasteiger partial charge in [0.2, 0.25) is 5.91 Å². The first kappa shape index (κ1) is 11.4. The summed E-state index contributed by atoms with van der Waals surface area (Å²) in [5, 5.41) is 11.5. The van der Waals surface area contributed by atoms with Gasteiger partial charge in [-0.15, -0.1) is 0 Å². The summed E-state index contributed by atoms with van der Waals surface area (Å²) in [6.45, 7) is 0.578. The highest BCUT2D eigenvalue weighted by molar-refractivity contribution is 7.98. The average Bonchev–Trinajstić information content (AvgIpc) is 2.92. The van der Waals surface area contributed by atoms with E-state index in [1.54, 1.807) is 11.8 Å². The number of aliphatic carboxylic acids is 1. The minimum Gasteiger partial charge on any atom is -0.480 e. The molecule has 1 rings (SSSR count). The summed E-state index contributed by atoms with van der Waals surface area (Å²) in [6.07, 6.45) is 3.86. The van der Waals surface area contributed by atoms with E-state index >= 15 is 0 Å². The van der Waals surface area contributed by atoms with Gasteiger partial charge in [0.15, 0.2) is 0 Å². The fourth-order valence-corrected chi connectivity index (χ4v) is 1.68. The number of thioether (sulfide) groups is 1. The fraction of sp³-hybridized carbons (Fsp3) is 0.778. The Morgan fingerprint density at radius 1 is 1.50 bits per heavy atom. The molecule has 0 saturated heterocycles. The molecule has 0 atom stereocenters. The maximum absolute atomic E-state index is 11.4. The van der Waals surface area contributed by atoms with Crippen molar-refractivity contribution in [3.63, 3.8) is 0 Å². The lowest BCUT2D eigenvalue weighted by Gasteiger charge is -2.09. The molecule has 14 heavy (non-hydrogen) atoms. The molecule has 1 aliphatic rings. The first-order valence-corrected chi connectivity index (χ1v) is 6.03. The average molecular weight is 217 g/mol. The fourth-order valence-electron chi connectivity index (χ4n) is 1.25. The van der Waals surface area contributed by atoms with Gasteiger partial charge in [-0.05, 0) is 31.3 Å². The normalized spacial score (nSPS) is 17.5. The van der Waals surface area contributed by atoms with E-state index in [-0.39, 0.29) is 5.91 Å². The lowest BCUT2D eigenvalue weighted by Crippen LogP contribution is -2.37. The molecule has 0 bridgehead atoms. The van der Waals surface area contributed by atoms with Crippen LogP contribution in [0.1, 0.15) is 19.3 Å². The van der Waals surface area contributed by atoms with E-state index in [4.69, 9.17) is 5.11 Å². The van der Waals surface area contributed by atoms with Gasteiger partial charge in [-0.1, -0.05) is 0 Å². The molecule has 4 nitrogen and oxygen atoms in total. The zero-order valence-corrected chi connectivity index (χ0v) is 9.02. The minimum atomic E-state index is -1.08. The first-order valence-electron chi connectivity index (χ1n) is 4.64. The number of carboxylic acid groups (broad SMARTS) is 1. The molecule has 5 heteroatoms. The van der Waals surface area contributed by atoms with Crippen LogP contribution in [0.25, 0.3) is 0 Å². The molecule has 0 spiro atoms. The lowest BCUT2D eigenvalue weighted by atomic mass is 10.1. The number of carboxylic acids is 1. The van der Waals surface area contributed by atoms with E-state index in [2.05, 4.69) is 5.32 Å². The molecule has 0 radical (unpaired) electrons. The molecule has 1 amide bonds. The van der Waals surface area contributed by atoms with E-state index in [1.165, 1.54) is 0 Å². The van der Waals surface area contributed by atoms with Crippen LogP contribution >= 0.6 is 11.8 Å². The van der Waals surface area contributed by atoms with Gasteiger partial charge in [-0.2, -0.15) is 11.8 Å². The van der Waals surface area contributed by atoms with Crippen molar-refractivity contribution in [3.05, 3.63) is 0 Å². The maximum Gasteiger partial charge on any atom is 0.319 e. The van der Waals surface area contributed by atoms with E-state index < -0.39 is 11.4 Å². The molecular formula is C9H15NO3S. The van der Waals surface area contributed by atoms with Crippen LogP contribution in [-0.2, 0) is 9.59 Å². The molecule has 0 aliphatic heterocycles. The summed E-state index contributed by atoms with van der Waals surface area (Å²) in [6, 6.07) is 0. The summed E-state index contributed by atoms with van der Waals surface area (Å²) < 4.78 is 0. The summed E-state index contributed by atoms with van der Waals surface area (Å²) in [7, 11) is 0. The first-order chi connectivity index (χ1) is 6.63. The van der Waals surface area contributed by atoms with Crippen molar-refractivity contribution >= 4 is 23.6 Å². The van der Waals surface area contributed by atoms with Gasteiger partial charge in [0.1, 0.15) is 5.41 Å². The molecule has 1 saturated carbocycles. The smallest absolute Gasteiger partial charge is 0.319 e. The van der Waals surface area contributed by atoms with Gasteiger partial charge in [-0.25, -0.2) is 0 Å². The van der Waals surface area contributed by atoms with Crippen LogP contribution in [-0.4, -0.2) is 35.5 Å². The Bertz CT molecular complexity index is 238. The highest BCUT2D eigenvalue weighted by atomic mass is 32.2. The van der Waals surface area contributed by atoms with Crippen LogP contribution in [0.3, 0.4) is 0 Å². The summed E-state index contributed by atoms with van der Waals surface area (Å²) in [4.78, 5) is 22.2. The van der Waals surface area contributed by atoms with Crippen molar-refractivity contribution in [3.8, 4) is 0 Å². The van der Waals surface area contributed by atoms with Gasteiger partial charge in [0.25, 0.3) is 0 Å². The third-order valence-corrected chi connectivity index (χ3v) is 3.10. The predicted molar refractivity (Wildman–Crippen MR) is 55.3 cm³/mol. The van der Waals surface area contributed by atoms with Gasteiger partial charge >= 0.3 is 5.97 Å². The zero-order chi connectivity index (χ0) is 10.6. The number of rotatable bonds is 6. The monoisotopic (exact) mass is 217 g/mol. The van der Waals surface area contributed by atoms with E-state index in [0.29, 0.717) is 19.4 Å². The molecule has 0 aromatic carbocycles. The number of amides is 1. The number of hydrogen-bond donors (Lipinski definition) is 2. The predicted octanol–water partition coefficient (Wildman–Crippen LogP) is 0.720. The van der Waals surface area contributed by atoms with E-state index in [9.17, 15) is 9.59 Å². The molecule has 0 aromatic heterocycles. The molecule has 0 unspecified atom stereocenters. The van der Waals surface area contributed by atoms with Crippen LogP contribution in [0.5, 0.6) is 0 Å². The minimum absolute atomic E-state index is 0.314. The largest absolute Gasteiger partial charge is 0.480 e. The van der Waals surface area contributed by atoms with Gasteiger partial charge < -0.3 is 10.4 Å². The standard InChI is InChI=1S/C9H15NO3S/c1-14-6-2-5-10-7(11)9(3-4-9)8(12)13/h2-6H2,1H3,(H,10,11)(H,12,13). The molecule has 1 fully saturated rings. The Labute approximate surface area is 87.4 Å². The number of carbonyl (C=O) groups excluding carboxylic acids is 1. The second kappa shape index (κ2) is 4.68. The second-order valence-electron chi connectivity index (χ2n) is 3.49. The molecular weight excluding hydrogens is 202 g/mol. The number of nitrogens with one attached hydrogen (secondary N) is 1. The van der Waals surface area contributed by atoms with Crippen LogP contribution < -0.4 is 5.32 Å². The summed E-state index contributed by atoms with van der Waals surface area (Å²) >= 11 is 1.72. The second-order valence-corrected chi connectivity index (χ2v) is 4.48. The topological polar surface area (TPSA) is 66.4 Å². The van der Waals surface area contributed by atoms with Crippen molar-refractivity contribution < 1.29 is 14.7 Å². The molecule has 0 heterocycles. The van der Waals surface area contributed by atoms with E-state index in [1.807, 2.05) is 6.26 Å². The molecule has 80 valence electrons. The Kier molecular flexibility index (Phi) is 3.80. The highest BCUT2D eigenvalue weighted by Crippen LogP contribution is 2.45. The quantitative estimate of drug-likeness (QED) is 0.508. The maximum atomic E-state index is 11.4. The summed E-state index contributed by atoms with van der Waals surface area (Å²) in [5.74, 6) is -0.314. The lowest BCUT2D eigenvalue weighted by molar-refractivity contribution is -0.149. The van der Waals surface area contributed by atoms with Crippen LogP contribution in [0, 0.1) is 5.41 Å². The van der Waals surface area contributed by atoms with Gasteiger partial charge in [0.05, 0.1) is 0 Å². The highest BCUT2D eigenvalue weighted by Gasteiger charge is 2.56. The molecule has 0 aromatic rings. The van der Waals surface area contributed by atoms with Crippen LogP contribution in [0.15, 0.2) is 0 Å².